The smallest absolute Gasteiger partial charge is 0.253 e. The van der Waals surface area contributed by atoms with E-state index >= 15 is 0 Å². The van der Waals surface area contributed by atoms with Gasteiger partial charge in [0.2, 0.25) is 0 Å². The highest BCUT2D eigenvalue weighted by molar-refractivity contribution is 5.94. The van der Waals surface area contributed by atoms with Crippen LogP contribution in [-0.2, 0) is 12.8 Å². The van der Waals surface area contributed by atoms with E-state index in [2.05, 4.69) is 12.1 Å². The maximum absolute atomic E-state index is 12.3. The number of rotatable bonds is 4. The highest BCUT2D eigenvalue weighted by Crippen LogP contribution is 2.22. The number of hydrogen-bond donors (Lipinski definition) is 1. The Labute approximate surface area is 115 Å². The number of aliphatic hydroxyl groups excluding tert-OH is 1. The molecule has 0 saturated heterocycles. The van der Waals surface area contributed by atoms with Gasteiger partial charge >= 0.3 is 0 Å². The highest BCUT2D eigenvalue weighted by atomic mass is 16.3. The zero-order valence-electron chi connectivity index (χ0n) is 11.9. The minimum Gasteiger partial charge on any atom is -0.393 e. The molecule has 0 saturated carbocycles. The Balaban J connectivity index is 2.06. The van der Waals surface area contributed by atoms with Crippen molar-refractivity contribution in [2.75, 3.05) is 13.6 Å². The first kappa shape index (κ1) is 14.1. The molecule has 1 aliphatic rings. The van der Waals surface area contributed by atoms with Crippen LogP contribution in [-0.4, -0.2) is 35.6 Å². The molecule has 1 N–H and O–H groups in total. The normalized spacial score (nSPS) is 15.7. The van der Waals surface area contributed by atoms with E-state index in [4.69, 9.17) is 0 Å². The molecule has 19 heavy (non-hydrogen) atoms. The largest absolute Gasteiger partial charge is 0.393 e. The Bertz CT molecular complexity index is 454. The molecule has 1 aromatic carbocycles. The third-order valence-corrected chi connectivity index (χ3v) is 3.82. The molecule has 0 fully saturated rings. The fraction of sp³-hybridized carbons (Fsp3) is 0.562. The Morgan fingerprint density at radius 2 is 2.00 bits per heavy atom. The first-order valence-electron chi connectivity index (χ1n) is 7.13. The van der Waals surface area contributed by atoms with E-state index in [9.17, 15) is 9.90 Å². The van der Waals surface area contributed by atoms with Gasteiger partial charge in [-0.2, -0.15) is 0 Å². The van der Waals surface area contributed by atoms with Crippen LogP contribution in [0.5, 0.6) is 0 Å². The number of carbonyl (C=O) groups excluding carboxylic acids is 1. The van der Waals surface area contributed by atoms with Crippen molar-refractivity contribution in [3.05, 3.63) is 34.9 Å². The number of fused-ring (bicyclic) bond motifs is 1. The maximum Gasteiger partial charge on any atom is 0.253 e. The number of carbonyl (C=O) groups is 1. The van der Waals surface area contributed by atoms with Crippen LogP contribution in [0.2, 0.25) is 0 Å². The summed E-state index contributed by atoms with van der Waals surface area (Å²) in [5.74, 6) is 0.0500. The Morgan fingerprint density at radius 1 is 1.32 bits per heavy atom. The predicted octanol–water partition coefficient (Wildman–Crippen LogP) is 2.41. The number of nitrogens with zero attached hydrogens (tertiary/aromatic N) is 1. The summed E-state index contributed by atoms with van der Waals surface area (Å²) in [5.41, 5.74) is 3.50. The quantitative estimate of drug-likeness (QED) is 0.904. The van der Waals surface area contributed by atoms with Crippen molar-refractivity contribution in [1.29, 1.82) is 0 Å². The molecule has 1 aromatic rings. The van der Waals surface area contributed by atoms with E-state index in [-0.39, 0.29) is 12.0 Å². The van der Waals surface area contributed by atoms with Crippen LogP contribution in [0.15, 0.2) is 18.2 Å². The first-order valence-corrected chi connectivity index (χ1v) is 7.13. The molecular weight excluding hydrogens is 238 g/mol. The summed E-state index contributed by atoms with van der Waals surface area (Å²) in [5, 5.41) is 9.27. The van der Waals surface area contributed by atoms with E-state index in [1.54, 1.807) is 18.9 Å². The lowest BCUT2D eigenvalue weighted by Crippen LogP contribution is -2.29. The van der Waals surface area contributed by atoms with Crippen molar-refractivity contribution in [3.8, 4) is 0 Å². The SMILES string of the molecule is CC(O)CCN(C)C(=O)c1ccc2c(c1)CCCC2. The van der Waals surface area contributed by atoms with Gasteiger partial charge in [-0.25, -0.2) is 0 Å². The second kappa shape index (κ2) is 6.20. The molecule has 3 heteroatoms. The molecule has 104 valence electrons. The first-order chi connectivity index (χ1) is 9.08. The average Bonchev–Trinajstić information content (AvgIpc) is 2.43. The number of hydrogen-bond acceptors (Lipinski definition) is 2. The predicted molar refractivity (Wildman–Crippen MR) is 76.3 cm³/mol. The third kappa shape index (κ3) is 3.57. The molecule has 3 nitrogen and oxygen atoms in total. The second-order valence-electron chi connectivity index (χ2n) is 5.56. The highest BCUT2D eigenvalue weighted by Gasteiger charge is 2.15. The van der Waals surface area contributed by atoms with Crippen molar-refractivity contribution in [3.63, 3.8) is 0 Å². The molecule has 1 amide bonds. The molecule has 2 rings (SSSR count). The number of benzene rings is 1. The standard InChI is InChI=1S/C16H23NO2/c1-12(18)9-10-17(2)16(19)15-8-7-13-5-3-4-6-14(13)11-15/h7-8,11-12,18H,3-6,9-10H2,1-2H3. The summed E-state index contributed by atoms with van der Waals surface area (Å²) in [6.45, 7) is 2.34. The topological polar surface area (TPSA) is 40.5 Å². The summed E-state index contributed by atoms with van der Waals surface area (Å²) >= 11 is 0. The van der Waals surface area contributed by atoms with Crippen molar-refractivity contribution in [1.82, 2.24) is 4.90 Å². The van der Waals surface area contributed by atoms with Crippen LogP contribution in [0.4, 0.5) is 0 Å². The third-order valence-electron chi connectivity index (χ3n) is 3.82. The van der Waals surface area contributed by atoms with E-state index in [0.29, 0.717) is 13.0 Å². The zero-order valence-corrected chi connectivity index (χ0v) is 11.9. The van der Waals surface area contributed by atoms with Crippen LogP contribution in [0.3, 0.4) is 0 Å². The van der Waals surface area contributed by atoms with Gasteiger partial charge in [-0.1, -0.05) is 6.07 Å². The van der Waals surface area contributed by atoms with Gasteiger partial charge in [-0.3, -0.25) is 4.79 Å². The second-order valence-corrected chi connectivity index (χ2v) is 5.56. The average molecular weight is 261 g/mol. The number of aliphatic hydroxyl groups is 1. The van der Waals surface area contributed by atoms with Gasteiger partial charge in [0.1, 0.15) is 0 Å². The maximum atomic E-state index is 12.3. The summed E-state index contributed by atoms with van der Waals surface area (Å²) in [6, 6.07) is 6.09. The molecule has 0 spiro atoms. The van der Waals surface area contributed by atoms with Crippen LogP contribution in [0.25, 0.3) is 0 Å². The number of aryl methyl sites for hydroxylation is 2. The Hall–Kier alpha value is -1.35. The molecule has 0 radical (unpaired) electrons. The minimum atomic E-state index is -0.362. The van der Waals surface area contributed by atoms with Gasteiger partial charge in [-0.15, -0.1) is 0 Å². The molecule has 0 aliphatic heterocycles. The van der Waals surface area contributed by atoms with E-state index in [0.717, 1.165) is 18.4 Å². The molecule has 0 heterocycles. The summed E-state index contributed by atoms with van der Waals surface area (Å²) in [7, 11) is 1.80. The molecular formula is C16H23NO2. The number of amides is 1. The molecule has 1 atom stereocenters. The van der Waals surface area contributed by atoms with E-state index in [1.807, 2.05) is 6.07 Å². The summed E-state index contributed by atoms with van der Waals surface area (Å²) in [4.78, 5) is 14.0. The fourth-order valence-electron chi connectivity index (χ4n) is 2.57. The fourth-order valence-corrected chi connectivity index (χ4v) is 2.57. The zero-order chi connectivity index (χ0) is 13.8. The van der Waals surface area contributed by atoms with Crippen molar-refractivity contribution in [2.45, 2.75) is 45.1 Å². The van der Waals surface area contributed by atoms with Gasteiger partial charge < -0.3 is 10.0 Å². The molecule has 0 aromatic heterocycles. The summed E-state index contributed by atoms with van der Waals surface area (Å²) < 4.78 is 0. The monoisotopic (exact) mass is 261 g/mol. The van der Waals surface area contributed by atoms with Crippen LogP contribution < -0.4 is 0 Å². The van der Waals surface area contributed by atoms with Crippen LogP contribution in [0.1, 0.15) is 47.7 Å². The minimum absolute atomic E-state index is 0.0500. The molecule has 1 unspecified atom stereocenters. The van der Waals surface area contributed by atoms with Gasteiger partial charge in [0.25, 0.3) is 5.91 Å². The lowest BCUT2D eigenvalue weighted by Gasteiger charge is -2.20. The van der Waals surface area contributed by atoms with E-state index in [1.165, 1.54) is 24.0 Å². The van der Waals surface area contributed by atoms with Gasteiger partial charge in [0.05, 0.1) is 6.10 Å². The molecule has 1 aliphatic carbocycles. The van der Waals surface area contributed by atoms with Crippen LogP contribution in [0, 0.1) is 0 Å². The van der Waals surface area contributed by atoms with E-state index < -0.39 is 0 Å². The van der Waals surface area contributed by atoms with Crippen LogP contribution >= 0.6 is 0 Å². The Kier molecular flexibility index (Phi) is 4.59. The lowest BCUT2D eigenvalue weighted by atomic mass is 9.90. The van der Waals surface area contributed by atoms with Gasteiger partial charge in [-0.05, 0) is 62.3 Å². The van der Waals surface area contributed by atoms with Crippen molar-refractivity contribution < 1.29 is 9.90 Å². The summed E-state index contributed by atoms with van der Waals surface area (Å²) in [6.07, 6.45) is 4.97. The van der Waals surface area contributed by atoms with Gasteiger partial charge in [0, 0.05) is 19.2 Å². The lowest BCUT2D eigenvalue weighted by molar-refractivity contribution is 0.0769. The van der Waals surface area contributed by atoms with Crippen molar-refractivity contribution >= 4 is 5.91 Å². The van der Waals surface area contributed by atoms with Crippen molar-refractivity contribution in [2.24, 2.45) is 0 Å². The van der Waals surface area contributed by atoms with Gasteiger partial charge in [0.15, 0.2) is 0 Å². The molecule has 0 bridgehead atoms. The Morgan fingerprint density at radius 3 is 2.68 bits per heavy atom.